The number of nitrogens with one attached hydrogen (secondary N) is 1. The summed E-state index contributed by atoms with van der Waals surface area (Å²) in [5, 5.41) is 7.37. The smallest absolute Gasteiger partial charge is 0.270 e. The van der Waals surface area contributed by atoms with Crippen molar-refractivity contribution in [3.63, 3.8) is 0 Å². The van der Waals surface area contributed by atoms with Gasteiger partial charge in [-0.25, -0.2) is 4.98 Å². The zero-order valence-electron chi connectivity index (χ0n) is 17.7. The number of imidazole rings is 1. The first-order valence-corrected chi connectivity index (χ1v) is 12.3. The topological polar surface area (TPSA) is 76.2 Å². The number of rotatable bonds is 6. The van der Waals surface area contributed by atoms with Crippen LogP contribution >= 0.6 is 38.9 Å². The Morgan fingerprint density at radius 3 is 2.77 bits per heavy atom. The molecule has 1 fully saturated rings. The number of hydrogen-bond acceptors (Lipinski definition) is 6. The number of nitrogens with zero attached hydrogens (tertiary/aromatic N) is 4. The number of likely N-dealkylation sites (tertiary alicyclic amines) is 1. The van der Waals surface area contributed by atoms with E-state index in [-0.39, 0.29) is 11.9 Å². The van der Waals surface area contributed by atoms with Crippen LogP contribution in [-0.4, -0.2) is 50.7 Å². The van der Waals surface area contributed by atoms with Gasteiger partial charge < -0.3 is 19.3 Å². The molecule has 1 aliphatic rings. The second-order valence-electron chi connectivity index (χ2n) is 8.06. The predicted octanol–water partition coefficient (Wildman–Crippen LogP) is 4.97. The molecule has 1 aliphatic heterocycles. The van der Waals surface area contributed by atoms with E-state index >= 15 is 0 Å². The fraction of sp³-hybridized carbons (Fsp3) is 0.476. The van der Waals surface area contributed by atoms with Gasteiger partial charge in [0, 0.05) is 31.2 Å². The summed E-state index contributed by atoms with van der Waals surface area (Å²) in [6, 6.07) is 6.30. The third-order valence-electron chi connectivity index (χ3n) is 5.60. The molecular formula is C21H25BrClN5O2S. The number of piperidine rings is 1. The summed E-state index contributed by atoms with van der Waals surface area (Å²) in [4.78, 5) is 21.0. The number of thiophene rings is 1. The second kappa shape index (κ2) is 9.44. The van der Waals surface area contributed by atoms with Gasteiger partial charge in [0.25, 0.3) is 5.91 Å². The monoisotopic (exact) mass is 525 g/mol. The molecule has 0 aromatic carbocycles. The fourth-order valence-electron chi connectivity index (χ4n) is 3.90. The minimum absolute atomic E-state index is 0.104. The van der Waals surface area contributed by atoms with Gasteiger partial charge in [0.15, 0.2) is 10.5 Å². The van der Waals surface area contributed by atoms with Crippen molar-refractivity contribution in [3.05, 3.63) is 44.4 Å². The molecule has 31 heavy (non-hydrogen) atoms. The number of amides is 1. The van der Waals surface area contributed by atoms with Crippen LogP contribution in [0.1, 0.15) is 48.6 Å². The van der Waals surface area contributed by atoms with E-state index in [0.29, 0.717) is 44.5 Å². The van der Waals surface area contributed by atoms with Crippen molar-refractivity contribution >= 4 is 44.8 Å². The van der Waals surface area contributed by atoms with Crippen LogP contribution in [0.25, 0.3) is 10.6 Å². The van der Waals surface area contributed by atoms with E-state index in [1.165, 1.54) is 11.3 Å². The normalized spacial score (nSPS) is 15.7. The number of aromatic nitrogens is 3. The molecule has 0 radical (unpaired) electrons. The first-order valence-electron chi connectivity index (χ1n) is 10.3. The summed E-state index contributed by atoms with van der Waals surface area (Å²) in [6.45, 7) is 8.64. The van der Waals surface area contributed by atoms with Crippen molar-refractivity contribution < 1.29 is 9.32 Å². The number of carbonyl (C=O) groups is 1. The number of carbonyl (C=O) groups excluding carboxylic acids is 1. The highest BCUT2D eigenvalue weighted by atomic mass is 79.9. The van der Waals surface area contributed by atoms with E-state index < -0.39 is 0 Å². The van der Waals surface area contributed by atoms with E-state index in [4.69, 9.17) is 16.1 Å². The van der Waals surface area contributed by atoms with E-state index in [0.717, 1.165) is 30.8 Å². The Bertz CT molecular complexity index is 1070. The van der Waals surface area contributed by atoms with Gasteiger partial charge in [-0.05, 0) is 61.7 Å². The van der Waals surface area contributed by atoms with E-state index in [2.05, 4.69) is 50.1 Å². The minimum Gasteiger partial charge on any atom is -0.355 e. The van der Waals surface area contributed by atoms with Crippen molar-refractivity contribution in [1.29, 1.82) is 0 Å². The zero-order valence-corrected chi connectivity index (χ0v) is 20.9. The summed E-state index contributed by atoms with van der Waals surface area (Å²) in [5.74, 6) is 0.551. The SMILES string of the molecule is Cc1nc(Br)n(Cc2cc(-c3ccc(Cl)s3)on2)c1C(=O)NC1CCN(C(C)C)CC1. The van der Waals surface area contributed by atoms with Gasteiger partial charge in [-0.1, -0.05) is 16.8 Å². The van der Waals surface area contributed by atoms with Crippen LogP contribution in [0.3, 0.4) is 0 Å². The summed E-state index contributed by atoms with van der Waals surface area (Å²) >= 11 is 10.9. The molecule has 10 heteroatoms. The van der Waals surface area contributed by atoms with Gasteiger partial charge in [-0.2, -0.15) is 0 Å². The third-order valence-corrected chi connectivity index (χ3v) is 7.45. The Kier molecular flexibility index (Phi) is 6.86. The van der Waals surface area contributed by atoms with Crippen LogP contribution in [-0.2, 0) is 6.54 Å². The van der Waals surface area contributed by atoms with Crippen molar-refractivity contribution in [2.75, 3.05) is 13.1 Å². The van der Waals surface area contributed by atoms with Gasteiger partial charge in [0.05, 0.1) is 21.5 Å². The molecule has 0 bridgehead atoms. The summed E-state index contributed by atoms with van der Waals surface area (Å²) in [6.07, 6.45) is 1.91. The molecule has 3 aromatic heterocycles. The summed E-state index contributed by atoms with van der Waals surface area (Å²) in [5.41, 5.74) is 1.93. The number of halogens is 2. The average Bonchev–Trinajstić information content (AvgIpc) is 3.42. The van der Waals surface area contributed by atoms with E-state index in [9.17, 15) is 4.79 Å². The van der Waals surface area contributed by atoms with Gasteiger partial charge in [0.2, 0.25) is 0 Å². The predicted molar refractivity (Wildman–Crippen MR) is 126 cm³/mol. The van der Waals surface area contributed by atoms with Crippen LogP contribution in [0, 0.1) is 6.92 Å². The van der Waals surface area contributed by atoms with Crippen LogP contribution < -0.4 is 5.32 Å². The van der Waals surface area contributed by atoms with Crippen molar-refractivity contribution in [3.8, 4) is 10.6 Å². The Morgan fingerprint density at radius 1 is 1.39 bits per heavy atom. The highest BCUT2D eigenvalue weighted by molar-refractivity contribution is 9.10. The third kappa shape index (κ3) is 5.05. The minimum atomic E-state index is -0.104. The van der Waals surface area contributed by atoms with Gasteiger partial charge in [-0.3, -0.25) is 4.79 Å². The average molecular weight is 527 g/mol. The first kappa shape index (κ1) is 22.5. The molecule has 1 saturated heterocycles. The summed E-state index contributed by atoms with van der Waals surface area (Å²) in [7, 11) is 0. The van der Waals surface area contributed by atoms with Crippen molar-refractivity contribution in [2.24, 2.45) is 0 Å². The van der Waals surface area contributed by atoms with Gasteiger partial charge in [0.1, 0.15) is 11.4 Å². The molecule has 0 saturated carbocycles. The zero-order chi connectivity index (χ0) is 22.1. The Hall–Kier alpha value is -1.68. The largest absolute Gasteiger partial charge is 0.355 e. The van der Waals surface area contributed by atoms with E-state index in [1.807, 2.05) is 29.7 Å². The summed E-state index contributed by atoms with van der Waals surface area (Å²) < 4.78 is 8.60. The molecule has 0 spiro atoms. The molecule has 3 aromatic rings. The number of hydrogen-bond donors (Lipinski definition) is 1. The Labute approximate surface area is 198 Å². The highest BCUT2D eigenvalue weighted by Gasteiger charge is 2.26. The lowest BCUT2D eigenvalue weighted by Gasteiger charge is -2.34. The lowest BCUT2D eigenvalue weighted by molar-refractivity contribution is 0.0891. The molecule has 166 valence electrons. The molecule has 1 N–H and O–H groups in total. The fourth-order valence-corrected chi connectivity index (χ4v) is 5.46. The van der Waals surface area contributed by atoms with Crippen LogP contribution in [0.15, 0.2) is 27.5 Å². The molecule has 1 amide bonds. The molecular weight excluding hydrogens is 502 g/mol. The highest BCUT2D eigenvalue weighted by Crippen LogP contribution is 2.31. The molecule has 4 rings (SSSR count). The standard InChI is InChI=1S/C21H25BrClN5O2S/c1-12(2)27-8-6-14(7-9-27)25-20(29)19-13(3)24-21(22)28(19)11-15-10-16(30-26-15)17-4-5-18(23)31-17/h4-5,10,12,14H,6-9,11H2,1-3H3,(H,25,29). The molecule has 0 atom stereocenters. The van der Waals surface area contributed by atoms with Crippen LogP contribution in [0.4, 0.5) is 0 Å². The number of aryl methyl sites for hydroxylation is 1. The first-order chi connectivity index (χ1) is 14.8. The maximum absolute atomic E-state index is 13.1. The molecule has 4 heterocycles. The maximum Gasteiger partial charge on any atom is 0.270 e. The van der Waals surface area contributed by atoms with Crippen LogP contribution in [0.2, 0.25) is 4.34 Å². The maximum atomic E-state index is 13.1. The Morgan fingerprint density at radius 2 is 2.13 bits per heavy atom. The lowest BCUT2D eigenvalue weighted by atomic mass is 10.0. The lowest BCUT2D eigenvalue weighted by Crippen LogP contribution is -2.47. The Balaban J connectivity index is 1.48. The van der Waals surface area contributed by atoms with Crippen molar-refractivity contribution in [2.45, 2.75) is 52.2 Å². The second-order valence-corrected chi connectivity index (χ2v) is 10.5. The van der Waals surface area contributed by atoms with E-state index in [1.54, 1.807) is 0 Å². The molecule has 7 nitrogen and oxygen atoms in total. The van der Waals surface area contributed by atoms with Gasteiger partial charge in [-0.15, -0.1) is 11.3 Å². The van der Waals surface area contributed by atoms with Gasteiger partial charge >= 0.3 is 0 Å². The molecule has 0 unspecified atom stereocenters. The molecule has 0 aliphatic carbocycles. The van der Waals surface area contributed by atoms with Crippen LogP contribution in [0.5, 0.6) is 0 Å². The van der Waals surface area contributed by atoms with Crippen molar-refractivity contribution in [1.82, 2.24) is 24.9 Å². The quantitative estimate of drug-likeness (QED) is 0.490.